The van der Waals surface area contributed by atoms with Crippen molar-refractivity contribution >= 4 is 40.0 Å². The van der Waals surface area contributed by atoms with Gasteiger partial charge in [0, 0.05) is 34.8 Å². The molecule has 42 heavy (non-hydrogen) atoms. The number of aromatic nitrogens is 2. The SMILES string of the molecule is CCOC(=O)C1=C(c2ccccc2)N=c2s/c(=C\c3cn(CC)c4ccccc34)c(=O)n2[C@H]1c1ccc2c(c1)OCO2. The number of benzene rings is 3. The maximum Gasteiger partial charge on any atom is 0.338 e. The average molecular weight is 578 g/mol. The molecule has 9 heteroatoms. The predicted molar refractivity (Wildman–Crippen MR) is 161 cm³/mol. The van der Waals surface area contributed by atoms with Crippen LogP contribution in [0.25, 0.3) is 22.7 Å². The van der Waals surface area contributed by atoms with Crippen LogP contribution in [0.2, 0.25) is 0 Å². The summed E-state index contributed by atoms with van der Waals surface area (Å²) in [6, 6.07) is 22.4. The van der Waals surface area contributed by atoms with Gasteiger partial charge in [-0.25, -0.2) is 9.79 Å². The second-order valence-corrected chi connectivity index (χ2v) is 10.9. The molecule has 0 N–H and O–H groups in total. The second kappa shape index (κ2) is 10.5. The zero-order chi connectivity index (χ0) is 28.8. The van der Waals surface area contributed by atoms with E-state index in [4.69, 9.17) is 19.2 Å². The number of carbonyl (C=O) groups excluding carboxylic acids is 1. The van der Waals surface area contributed by atoms with Crippen molar-refractivity contribution in [3.8, 4) is 11.5 Å². The fourth-order valence-electron chi connectivity index (χ4n) is 5.63. The average Bonchev–Trinajstić information content (AvgIpc) is 3.72. The van der Waals surface area contributed by atoms with Crippen molar-refractivity contribution in [1.82, 2.24) is 9.13 Å². The summed E-state index contributed by atoms with van der Waals surface area (Å²) in [4.78, 5) is 33.4. The van der Waals surface area contributed by atoms with Gasteiger partial charge in [-0.15, -0.1) is 0 Å². The number of nitrogens with zero attached hydrogens (tertiary/aromatic N) is 3. The van der Waals surface area contributed by atoms with Crippen LogP contribution in [0.1, 0.15) is 36.6 Å². The van der Waals surface area contributed by atoms with Gasteiger partial charge < -0.3 is 18.8 Å². The summed E-state index contributed by atoms with van der Waals surface area (Å²) in [6.45, 7) is 4.96. The Bertz CT molecular complexity index is 2070. The van der Waals surface area contributed by atoms with E-state index < -0.39 is 12.0 Å². The standard InChI is InChI=1S/C33H27N3O5S/c1-3-35-18-22(23-12-8-9-13-24(23)35)17-27-31(37)36-30(21-14-15-25-26(16-21)41-19-40-25)28(32(38)39-4-2)29(34-33(36)42-27)20-10-6-5-7-11-20/h5-18,30H,3-4,19H2,1-2H3/b27-17-/t30-/m0/s1. The molecule has 0 amide bonds. The van der Waals surface area contributed by atoms with E-state index in [0.29, 0.717) is 37.7 Å². The Morgan fingerprint density at radius 2 is 1.83 bits per heavy atom. The predicted octanol–water partition coefficient (Wildman–Crippen LogP) is 4.64. The van der Waals surface area contributed by atoms with Crippen molar-refractivity contribution in [2.24, 2.45) is 4.99 Å². The minimum atomic E-state index is -0.788. The van der Waals surface area contributed by atoms with E-state index in [9.17, 15) is 9.59 Å². The Morgan fingerprint density at radius 3 is 2.64 bits per heavy atom. The third-order valence-corrected chi connectivity index (χ3v) is 8.52. The number of aryl methyl sites for hydroxylation is 1. The first-order valence-corrected chi connectivity index (χ1v) is 14.6. The van der Waals surface area contributed by atoms with Crippen molar-refractivity contribution in [2.75, 3.05) is 13.4 Å². The Morgan fingerprint density at radius 1 is 1.05 bits per heavy atom. The lowest BCUT2D eigenvalue weighted by Crippen LogP contribution is -2.40. The van der Waals surface area contributed by atoms with Crippen molar-refractivity contribution in [1.29, 1.82) is 0 Å². The molecule has 3 aromatic carbocycles. The highest BCUT2D eigenvalue weighted by atomic mass is 32.1. The number of thiazole rings is 1. The molecule has 0 saturated heterocycles. The molecule has 7 rings (SSSR count). The summed E-state index contributed by atoms with van der Waals surface area (Å²) in [5, 5.41) is 1.06. The number of hydrogen-bond acceptors (Lipinski definition) is 7. The maximum atomic E-state index is 14.3. The van der Waals surface area contributed by atoms with Crippen molar-refractivity contribution in [2.45, 2.75) is 26.4 Å². The Balaban J connectivity index is 1.51. The first-order valence-electron chi connectivity index (χ1n) is 13.8. The fourth-order valence-corrected chi connectivity index (χ4v) is 6.62. The molecule has 210 valence electrons. The number of rotatable bonds is 6. The van der Waals surface area contributed by atoms with Crippen molar-refractivity contribution < 1.29 is 19.0 Å². The molecule has 0 bridgehead atoms. The van der Waals surface area contributed by atoms with Gasteiger partial charge in [-0.1, -0.05) is 65.9 Å². The lowest BCUT2D eigenvalue weighted by molar-refractivity contribution is -0.138. The largest absolute Gasteiger partial charge is 0.463 e. The van der Waals surface area contributed by atoms with Gasteiger partial charge in [0.05, 0.1) is 28.5 Å². The van der Waals surface area contributed by atoms with Gasteiger partial charge in [-0.3, -0.25) is 9.36 Å². The quantitative estimate of drug-likeness (QED) is 0.275. The summed E-state index contributed by atoms with van der Waals surface area (Å²) in [7, 11) is 0. The Labute approximate surface area is 245 Å². The van der Waals surface area contributed by atoms with E-state index in [1.165, 1.54) is 11.3 Å². The van der Waals surface area contributed by atoms with Crippen molar-refractivity contribution in [3.63, 3.8) is 0 Å². The summed E-state index contributed by atoms with van der Waals surface area (Å²) in [6.07, 6.45) is 3.99. The number of fused-ring (bicyclic) bond motifs is 3. The van der Waals surface area contributed by atoms with Crippen molar-refractivity contribution in [3.05, 3.63) is 121 Å². The summed E-state index contributed by atoms with van der Waals surface area (Å²) in [5.74, 6) is 0.648. The number of para-hydroxylation sites is 1. The van der Waals surface area contributed by atoms with Gasteiger partial charge in [0.2, 0.25) is 6.79 Å². The molecule has 0 radical (unpaired) electrons. The second-order valence-electron chi connectivity index (χ2n) is 9.93. The van der Waals surface area contributed by atoms with Crippen LogP contribution >= 0.6 is 11.3 Å². The summed E-state index contributed by atoms with van der Waals surface area (Å²) >= 11 is 1.31. The van der Waals surface area contributed by atoms with Gasteiger partial charge in [-0.2, -0.15) is 0 Å². The Hall–Kier alpha value is -4.89. The van der Waals surface area contributed by atoms with Crippen LogP contribution < -0.4 is 24.4 Å². The molecule has 2 aromatic heterocycles. The molecule has 0 fully saturated rings. The topological polar surface area (TPSA) is 84.1 Å². The van der Waals surface area contributed by atoms with Crippen LogP contribution in [0.3, 0.4) is 0 Å². The third-order valence-electron chi connectivity index (χ3n) is 7.53. The highest BCUT2D eigenvalue weighted by molar-refractivity contribution is 7.07. The van der Waals surface area contributed by atoms with Gasteiger partial charge in [-0.05, 0) is 43.7 Å². The minimum absolute atomic E-state index is 0.114. The number of ether oxygens (including phenoxy) is 3. The van der Waals surface area contributed by atoms with E-state index in [-0.39, 0.29) is 19.0 Å². The molecule has 2 aliphatic rings. The van der Waals surface area contributed by atoms with Crippen LogP contribution in [-0.4, -0.2) is 28.5 Å². The molecule has 1 atom stereocenters. The zero-order valence-electron chi connectivity index (χ0n) is 23.1. The normalized spacial score (nSPS) is 16.0. The summed E-state index contributed by atoms with van der Waals surface area (Å²) in [5.41, 5.74) is 4.05. The molecule has 2 aliphatic heterocycles. The molecule has 8 nitrogen and oxygen atoms in total. The molecule has 0 spiro atoms. The van der Waals surface area contributed by atoms with Crippen LogP contribution in [-0.2, 0) is 16.1 Å². The van der Waals surface area contributed by atoms with Crippen LogP contribution in [0.5, 0.6) is 11.5 Å². The minimum Gasteiger partial charge on any atom is -0.463 e. The maximum absolute atomic E-state index is 14.3. The van der Waals surface area contributed by atoms with Crippen LogP contribution in [0.15, 0.2) is 94.4 Å². The molecule has 5 aromatic rings. The van der Waals surface area contributed by atoms with Crippen LogP contribution in [0, 0.1) is 0 Å². The molecular weight excluding hydrogens is 550 g/mol. The zero-order valence-corrected chi connectivity index (χ0v) is 23.9. The molecule has 0 unspecified atom stereocenters. The Kier molecular flexibility index (Phi) is 6.51. The van der Waals surface area contributed by atoms with E-state index in [1.54, 1.807) is 17.6 Å². The van der Waals surface area contributed by atoms with E-state index in [2.05, 4.69) is 29.8 Å². The lowest BCUT2D eigenvalue weighted by atomic mass is 9.93. The number of carbonyl (C=O) groups is 1. The molecule has 0 saturated carbocycles. The molecule has 4 heterocycles. The molecular formula is C33H27N3O5S. The van der Waals surface area contributed by atoms with E-state index in [1.807, 2.05) is 60.7 Å². The van der Waals surface area contributed by atoms with Gasteiger partial charge in [0.25, 0.3) is 5.56 Å². The first kappa shape index (κ1) is 26.0. The smallest absolute Gasteiger partial charge is 0.338 e. The third kappa shape index (κ3) is 4.24. The molecule has 0 aliphatic carbocycles. The van der Waals surface area contributed by atoms with Gasteiger partial charge >= 0.3 is 5.97 Å². The van der Waals surface area contributed by atoms with E-state index >= 15 is 0 Å². The fraction of sp³-hybridized carbons (Fsp3) is 0.182. The van der Waals surface area contributed by atoms with Gasteiger partial charge in [0.1, 0.15) is 0 Å². The number of esters is 1. The highest BCUT2D eigenvalue weighted by Crippen LogP contribution is 2.40. The highest BCUT2D eigenvalue weighted by Gasteiger charge is 2.36. The number of hydrogen-bond donors (Lipinski definition) is 0. The first-order chi connectivity index (χ1) is 20.6. The van der Waals surface area contributed by atoms with Gasteiger partial charge in [0.15, 0.2) is 16.3 Å². The monoisotopic (exact) mass is 577 g/mol. The summed E-state index contributed by atoms with van der Waals surface area (Å²) < 4.78 is 21.1. The lowest BCUT2D eigenvalue weighted by Gasteiger charge is -2.26. The van der Waals surface area contributed by atoms with E-state index in [0.717, 1.165) is 28.6 Å². The van der Waals surface area contributed by atoms with Crippen LogP contribution in [0.4, 0.5) is 0 Å².